The van der Waals surface area contributed by atoms with Gasteiger partial charge in [-0.05, 0) is 116 Å². The first-order valence-corrected chi connectivity index (χ1v) is 27.7. The normalized spacial score (nSPS) is 13.3. The smallest absolute Gasteiger partial charge is 0.306 e. The minimum absolute atomic E-state index is 0.0844. The van der Waals surface area contributed by atoms with Crippen LogP contribution in [-0.4, -0.2) is 36.4 Å². The van der Waals surface area contributed by atoms with Crippen molar-refractivity contribution < 1.29 is 24.2 Å². The molecule has 0 saturated carbocycles. The molecular weight excluding hydrogens is 837 g/mol. The van der Waals surface area contributed by atoms with E-state index in [1.807, 2.05) is 0 Å². The summed E-state index contributed by atoms with van der Waals surface area (Å²) in [4.78, 5) is 24.5. The van der Waals surface area contributed by atoms with Gasteiger partial charge in [-0.25, -0.2) is 0 Å². The summed E-state index contributed by atoms with van der Waals surface area (Å²) >= 11 is 0. The number of hydrogen-bond acceptors (Lipinski definition) is 5. The van der Waals surface area contributed by atoms with Gasteiger partial charge < -0.3 is 14.6 Å². The summed E-state index contributed by atoms with van der Waals surface area (Å²) in [6.45, 7) is 3.99. The Bertz CT molecular complexity index is 1430. The van der Waals surface area contributed by atoms with E-state index in [1.54, 1.807) is 0 Å². The van der Waals surface area contributed by atoms with Gasteiger partial charge >= 0.3 is 11.9 Å². The number of hydrogen-bond donors (Lipinski definition) is 1. The van der Waals surface area contributed by atoms with Crippen LogP contribution in [0.25, 0.3) is 0 Å². The maximum atomic E-state index is 12.3. The summed E-state index contributed by atoms with van der Waals surface area (Å²) in [7, 11) is 0. The van der Waals surface area contributed by atoms with E-state index in [0.717, 1.165) is 116 Å². The van der Waals surface area contributed by atoms with Crippen molar-refractivity contribution in [2.24, 2.45) is 0 Å². The van der Waals surface area contributed by atoms with Crippen LogP contribution in [0, 0.1) is 0 Å². The maximum Gasteiger partial charge on any atom is 0.306 e. The lowest BCUT2D eigenvalue weighted by Gasteiger charge is -2.15. The highest BCUT2D eigenvalue weighted by molar-refractivity contribution is 5.70. The minimum atomic E-state index is -0.795. The lowest BCUT2D eigenvalue weighted by Crippen LogP contribution is -2.28. The second-order valence-electron chi connectivity index (χ2n) is 17.9. The topological polar surface area (TPSA) is 72.8 Å². The third-order valence-corrected chi connectivity index (χ3v) is 11.4. The van der Waals surface area contributed by atoms with Crippen LogP contribution in [0.5, 0.6) is 0 Å². The molecule has 384 valence electrons. The molecule has 5 nitrogen and oxygen atoms in total. The van der Waals surface area contributed by atoms with Crippen molar-refractivity contribution in [3.63, 3.8) is 0 Å². The van der Waals surface area contributed by atoms with Gasteiger partial charge in [0.2, 0.25) is 0 Å². The van der Waals surface area contributed by atoms with E-state index in [0.29, 0.717) is 12.8 Å². The van der Waals surface area contributed by atoms with Crippen LogP contribution >= 0.6 is 0 Å². The number of aliphatic hydroxyl groups excluding tert-OH is 1. The maximum absolute atomic E-state index is 12.3. The number of unbranched alkanes of at least 4 members (excludes halogenated alkanes) is 19. The summed E-state index contributed by atoms with van der Waals surface area (Å²) in [5, 5.41) is 9.65. The summed E-state index contributed by atoms with van der Waals surface area (Å²) in [6.07, 6.45) is 85.5. The van der Waals surface area contributed by atoms with E-state index in [-0.39, 0.29) is 25.2 Å². The van der Waals surface area contributed by atoms with E-state index >= 15 is 0 Å². The van der Waals surface area contributed by atoms with Crippen molar-refractivity contribution in [2.75, 3.05) is 13.2 Å². The zero-order valence-electron chi connectivity index (χ0n) is 43.8. The molecule has 0 rings (SSSR count). The summed E-state index contributed by atoms with van der Waals surface area (Å²) < 4.78 is 10.7. The molecule has 0 aliphatic rings. The Balaban J connectivity index is 3.63. The largest absolute Gasteiger partial charge is 0.462 e. The summed E-state index contributed by atoms with van der Waals surface area (Å²) in [5.41, 5.74) is 0. The van der Waals surface area contributed by atoms with E-state index < -0.39 is 6.10 Å². The van der Waals surface area contributed by atoms with Crippen molar-refractivity contribution in [2.45, 2.75) is 238 Å². The Kier molecular flexibility index (Phi) is 54.0. The summed E-state index contributed by atoms with van der Waals surface area (Å²) in [6, 6.07) is 0. The predicted molar refractivity (Wildman–Crippen MR) is 297 cm³/mol. The van der Waals surface area contributed by atoms with Crippen LogP contribution in [-0.2, 0) is 19.1 Å². The Hall–Kier alpha value is -3.96. The van der Waals surface area contributed by atoms with Gasteiger partial charge in [0.25, 0.3) is 0 Å². The van der Waals surface area contributed by atoms with E-state index in [1.165, 1.54) is 89.9 Å². The van der Waals surface area contributed by atoms with Crippen molar-refractivity contribution in [1.29, 1.82) is 0 Å². The number of carbonyl (C=O) groups excluding carboxylic acids is 2. The van der Waals surface area contributed by atoms with Crippen LogP contribution in [0.4, 0.5) is 0 Å². The minimum Gasteiger partial charge on any atom is -0.462 e. The fourth-order valence-electron chi connectivity index (χ4n) is 7.28. The molecule has 0 fully saturated rings. The van der Waals surface area contributed by atoms with Crippen LogP contribution in [0.15, 0.2) is 134 Å². The van der Waals surface area contributed by atoms with Gasteiger partial charge in [-0.1, -0.05) is 237 Å². The van der Waals surface area contributed by atoms with Gasteiger partial charge in [-0.15, -0.1) is 0 Å². The Labute approximate surface area is 419 Å². The Morgan fingerprint density at radius 3 is 0.956 bits per heavy atom. The van der Waals surface area contributed by atoms with Gasteiger partial charge in [-0.2, -0.15) is 0 Å². The highest BCUT2D eigenvalue weighted by Crippen LogP contribution is 2.13. The standard InChI is InChI=1S/C63H102O5/c1-3-5-7-9-11-13-15-17-19-21-23-25-27-28-29-30-31-32-33-34-36-38-40-42-44-46-48-50-52-54-56-58-63(66)68-61(59-64)60-67-62(65)57-55-53-51-49-47-45-43-41-39-37-35-26-24-22-20-18-16-14-12-10-8-6-4-2/h5,7,11,13,16-19,22-25,28-29,31-32,34-37,40,42,61,64H,3-4,6,8-10,12,14-15,20-21,26-27,30,33,38-39,41,43-60H2,1-2H3/b7-5-,13-11-,18-16-,19-17-,24-22-,25-23-,29-28-,32-31-,36-34-,37-35-,42-40-. The number of aliphatic hydroxyl groups is 1. The van der Waals surface area contributed by atoms with Crippen molar-refractivity contribution in [3.8, 4) is 0 Å². The molecule has 0 aliphatic carbocycles. The highest BCUT2D eigenvalue weighted by Gasteiger charge is 2.16. The molecule has 1 unspecified atom stereocenters. The Morgan fingerprint density at radius 1 is 0.353 bits per heavy atom. The number of allylic oxidation sites excluding steroid dienone is 22. The van der Waals surface area contributed by atoms with Gasteiger partial charge in [0, 0.05) is 12.8 Å². The summed E-state index contributed by atoms with van der Waals surface area (Å²) in [5.74, 6) is -0.623. The average molecular weight is 940 g/mol. The highest BCUT2D eigenvalue weighted by atomic mass is 16.6. The van der Waals surface area contributed by atoms with Crippen LogP contribution < -0.4 is 0 Å². The molecule has 68 heavy (non-hydrogen) atoms. The number of carbonyl (C=O) groups is 2. The van der Waals surface area contributed by atoms with Crippen molar-refractivity contribution in [3.05, 3.63) is 134 Å². The number of rotatable bonds is 49. The molecule has 0 aromatic heterocycles. The zero-order valence-corrected chi connectivity index (χ0v) is 43.8. The lowest BCUT2D eigenvalue weighted by molar-refractivity contribution is -0.161. The van der Waals surface area contributed by atoms with Gasteiger partial charge in [-0.3, -0.25) is 9.59 Å². The number of ether oxygens (including phenoxy) is 2. The first-order chi connectivity index (χ1) is 33.6. The predicted octanol–water partition coefficient (Wildman–Crippen LogP) is 18.9. The lowest BCUT2D eigenvalue weighted by atomic mass is 10.1. The molecule has 1 atom stereocenters. The third-order valence-electron chi connectivity index (χ3n) is 11.4. The molecule has 0 bridgehead atoms. The second kappa shape index (κ2) is 57.4. The first-order valence-electron chi connectivity index (χ1n) is 27.7. The van der Waals surface area contributed by atoms with Gasteiger partial charge in [0.05, 0.1) is 6.61 Å². The molecule has 0 aromatic carbocycles. The monoisotopic (exact) mass is 939 g/mol. The molecule has 0 aromatic rings. The fourth-order valence-corrected chi connectivity index (χ4v) is 7.28. The second-order valence-corrected chi connectivity index (χ2v) is 17.9. The van der Waals surface area contributed by atoms with Crippen LogP contribution in [0.3, 0.4) is 0 Å². The molecule has 0 aliphatic heterocycles. The molecule has 1 N–H and O–H groups in total. The Morgan fingerprint density at radius 2 is 0.632 bits per heavy atom. The van der Waals surface area contributed by atoms with Gasteiger partial charge in [0.1, 0.15) is 6.61 Å². The van der Waals surface area contributed by atoms with Crippen molar-refractivity contribution in [1.82, 2.24) is 0 Å². The van der Waals surface area contributed by atoms with Crippen LogP contribution in [0.1, 0.15) is 232 Å². The number of esters is 2. The molecule has 0 spiro atoms. The van der Waals surface area contributed by atoms with E-state index in [4.69, 9.17) is 9.47 Å². The zero-order chi connectivity index (χ0) is 49.2. The first kappa shape index (κ1) is 64.0. The van der Waals surface area contributed by atoms with Crippen LogP contribution in [0.2, 0.25) is 0 Å². The molecule has 0 radical (unpaired) electrons. The third kappa shape index (κ3) is 54.6. The van der Waals surface area contributed by atoms with Gasteiger partial charge in [0.15, 0.2) is 6.10 Å². The molecule has 0 saturated heterocycles. The fraction of sp³-hybridized carbons (Fsp3) is 0.619. The molecule has 0 heterocycles. The van der Waals surface area contributed by atoms with E-state index in [2.05, 4.69) is 148 Å². The molecule has 5 heteroatoms. The molecule has 0 amide bonds. The average Bonchev–Trinajstić information content (AvgIpc) is 3.34. The van der Waals surface area contributed by atoms with E-state index in [9.17, 15) is 14.7 Å². The SMILES string of the molecule is CC/C=C\C/C=C\C/C=C\C/C=C\C/C=C\C/C=C\C/C=C\C/C=C\CCCCCCCCC(=O)OC(CO)COC(=O)CCCCCCCCCC/C=C\C/C=C\C/C=C\CCCCCCC. The van der Waals surface area contributed by atoms with Crippen molar-refractivity contribution >= 4 is 11.9 Å². The molecular formula is C63H102O5. The quantitative estimate of drug-likeness (QED) is 0.0374.